The van der Waals surface area contributed by atoms with Crippen molar-refractivity contribution in [2.75, 3.05) is 19.8 Å². The Balaban J connectivity index is 1.77. The summed E-state index contributed by atoms with van der Waals surface area (Å²) in [6, 6.07) is 7.90. The Morgan fingerprint density at radius 3 is 2.58 bits per heavy atom. The molecule has 2 bridgehead atoms. The van der Waals surface area contributed by atoms with Gasteiger partial charge in [0.15, 0.2) is 0 Å². The molecule has 3 aliphatic heterocycles. The zero-order chi connectivity index (χ0) is 31.4. The van der Waals surface area contributed by atoms with E-state index in [4.69, 9.17) is 9.47 Å². The minimum absolute atomic E-state index is 0.0901. The number of unbranched alkanes of at least 4 members (excludes halogenated alkanes) is 2. The molecule has 2 amide bonds. The first-order valence-corrected chi connectivity index (χ1v) is 16.0. The minimum Gasteiger partial charge on any atom is -0.465 e. The van der Waals surface area contributed by atoms with Crippen molar-refractivity contribution in [1.29, 1.82) is 0 Å². The second-order valence-electron chi connectivity index (χ2n) is 12.8. The van der Waals surface area contributed by atoms with E-state index in [0.717, 1.165) is 31.2 Å². The van der Waals surface area contributed by atoms with Crippen LogP contribution in [0, 0.1) is 17.8 Å². The third-order valence-electron chi connectivity index (χ3n) is 10.1. The van der Waals surface area contributed by atoms with Crippen molar-refractivity contribution in [3.63, 3.8) is 0 Å². The van der Waals surface area contributed by atoms with Crippen LogP contribution in [0.1, 0.15) is 71.8 Å². The number of hydrogen-bond donors (Lipinski definition) is 1. The van der Waals surface area contributed by atoms with Gasteiger partial charge in [-0.05, 0) is 63.9 Å². The number of carbonyl (C=O) groups excluding carboxylic acids is 3. The summed E-state index contributed by atoms with van der Waals surface area (Å²) >= 11 is 0. The summed E-state index contributed by atoms with van der Waals surface area (Å²) in [6.07, 6.45) is 8.45. The molecular weight excluding hydrogens is 544 g/mol. The Morgan fingerprint density at radius 1 is 1.23 bits per heavy atom. The van der Waals surface area contributed by atoms with Crippen LogP contribution in [0.25, 0.3) is 0 Å². The number of rotatable bonds is 16. The highest BCUT2D eigenvalue weighted by Gasteiger charge is 2.80. The normalized spacial score (nSPS) is 30.5. The molecular formula is C35H50N2O6. The van der Waals surface area contributed by atoms with E-state index in [2.05, 4.69) is 20.1 Å². The molecule has 1 aromatic rings. The van der Waals surface area contributed by atoms with Crippen molar-refractivity contribution in [2.45, 2.75) is 102 Å². The van der Waals surface area contributed by atoms with Crippen molar-refractivity contribution in [1.82, 2.24) is 9.80 Å². The van der Waals surface area contributed by atoms with E-state index in [1.54, 1.807) is 15.9 Å². The average molecular weight is 595 g/mol. The van der Waals surface area contributed by atoms with E-state index in [-0.39, 0.29) is 37.0 Å². The van der Waals surface area contributed by atoms with Gasteiger partial charge in [-0.2, -0.15) is 0 Å². The van der Waals surface area contributed by atoms with Gasteiger partial charge in [0, 0.05) is 12.6 Å². The predicted molar refractivity (Wildman–Crippen MR) is 166 cm³/mol. The van der Waals surface area contributed by atoms with Crippen LogP contribution in [0.3, 0.4) is 0 Å². The Kier molecular flexibility index (Phi) is 10.5. The molecule has 0 aromatic heterocycles. The van der Waals surface area contributed by atoms with E-state index < -0.39 is 41.1 Å². The monoisotopic (exact) mass is 594 g/mol. The zero-order valence-electron chi connectivity index (χ0n) is 26.4. The molecule has 8 heteroatoms. The first kappa shape index (κ1) is 32.9. The summed E-state index contributed by atoms with van der Waals surface area (Å²) in [6.45, 7) is 15.9. The molecule has 8 atom stereocenters. The number of likely N-dealkylation sites (tertiary alicyclic amines) is 1. The Bertz CT molecular complexity index is 1170. The average Bonchev–Trinajstić information content (AvgIpc) is 3.51. The lowest BCUT2D eigenvalue weighted by atomic mass is 9.62. The van der Waals surface area contributed by atoms with Crippen LogP contribution in [0.4, 0.5) is 0 Å². The van der Waals surface area contributed by atoms with E-state index in [1.165, 1.54) is 0 Å². The number of aliphatic hydroxyl groups excluding tert-OH is 1. The van der Waals surface area contributed by atoms with Crippen molar-refractivity contribution >= 4 is 17.8 Å². The summed E-state index contributed by atoms with van der Waals surface area (Å²) in [5.41, 5.74) is -1.21. The highest BCUT2D eigenvalue weighted by atomic mass is 16.6. The van der Waals surface area contributed by atoms with Crippen LogP contribution in [0.5, 0.6) is 0 Å². The SMILES string of the molecule is C=CCCCCOC(=O)[C@H]1[C@H]2C(=O)N([C@@H](CO)Cc3ccccc3)C(C(=O)N(CC=C)C(C)CCC)C23CC(C)[C@]1(C)O3. The highest BCUT2D eigenvalue weighted by molar-refractivity contribution is 5.99. The lowest BCUT2D eigenvalue weighted by molar-refractivity contribution is -0.164. The molecule has 3 aliphatic rings. The Morgan fingerprint density at radius 2 is 1.95 bits per heavy atom. The Hall–Kier alpha value is -2.97. The summed E-state index contributed by atoms with van der Waals surface area (Å²) < 4.78 is 12.7. The number of aliphatic hydroxyl groups is 1. The number of hydrogen-bond acceptors (Lipinski definition) is 6. The quantitative estimate of drug-likeness (QED) is 0.169. The van der Waals surface area contributed by atoms with Crippen LogP contribution in [-0.2, 0) is 30.3 Å². The highest BCUT2D eigenvalue weighted by Crippen LogP contribution is 2.65. The number of carbonyl (C=O) groups is 3. The molecule has 1 aromatic carbocycles. The number of esters is 1. The minimum atomic E-state index is -1.20. The maximum absolute atomic E-state index is 14.8. The third-order valence-corrected chi connectivity index (χ3v) is 10.1. The van der Waals surface area contributed by atoms with Gasteiger partial charge in [-0.3, -0.25) is 14.4 Å². The second-order valence-corrected chi connectivity index (χ2v) is 12.8. The molecule has 3 fully saturated rings. The maximum Gasteiger partial charge on any atom is 0.312 e. The van der Waals surface area contributed by atoms with Gasteiger partial charge in [-0.1, -0.05) is 62.8 Å². The van der Waals surface area contributed by atoms with Crippen molar-refractivity contribution in [3.8, 4) is 0 Å². The van der Waals surface area contributed by atoms with Gasteiger partial charge >= 0.3 is 5.97 Å². The molecule has 8 nitrogen and oxygen atoms in total. The van der Waals surface area contributed by atoms with Crippen LogP contribution < -0.4 is 0 Å². The molecule has 0 radical (unpaired) electrons. The van der Waals surface area contributed by atoms with Gasteiger partial charge in [-0.15, -0.1) is 13.2 Å². The summed E-state index contributed by atoms with van der Waals surface area (Å²) in [4.78, 5) is 46.6. The van der Waals surface area contributed by atoms with E-state index in [9.17, 15) is 19.5 Å². The smallest absolute Gasteiger partial charge is 0.312 e. The van der Waals surface area contributed by atoms with Crippen LogP contribution in [0.15, 0.2) is 55.6 Å². The lowest BCUT2D eigenvalue weighted by Crippen LogP contribution is -2.60. The van der Waals surface area contributed by atoms with E-state index in [0.29, 0.717) is 25.8 Å². The van der Waals surface area contributed by atoms with Crippen LogP contribution in [-0.4, -0.2) is 81.8 Å². The largest absolute Gasteiger partial charge is 0.465 e. The lowest BCUT2D eigenvalue weighted by Gasteiger charge is -2.41. The van der Waals surface area contributed by atoms with Gasteiger partial charge in [-0.25, -0.2) is 0 Å². The molecule has 236 valence electrons. The Labute approximate surface area is 257 Å². The third kappa shape index (κ3) is 5.93. The fourth-order valence-electron chi connectivity index (χ4n) is 7.85. The molecule has 43 heavy (non-hydrogen) atoms. The summed E-state index contributed by atoms with van der Waals surface area (Å²) in [5.74, 6) is -2.81. The summed E-state index contributed by atoms with van der Waals surface area (Å²) in [5, 5.41) is 10.7. The number of benzene rings is 1. The molecule has 0 aliphatic carbocycles. The van der Waals surface area contributed by atoms with Crippen molar-refractivity contribution in [2.24, 2.45) is 17.8 Å². The fraction of sp³-hybridized carbons (Fsp3) is 0.629. The van der Waals surface area contributed by atoms with Crippen LogP contribution in [0.2, 0.25) is 0 Å². The van der Waals surface area contributed by atoms with Crippen LogP contribution >= 0.6 is 0 Å². The standard InChI is InChI=1S/C35H50N2O6/c1-7-10-11-15-20-42-33(41)29-28-31(39)37(27(23-38)21-26-17-13-12-14-18-26)30(35(28)22-24(4)34(29,6)43-35)32(40)36(19-9-3)25(5)16-8-2/h7,9,12-14,17-18,24-25,27-30,38H,1,3,8,10-11,15-16,19-23H2,2,4-6H3/t24?,25?,27-,28+,29-,30?,34+,35?/m1/s1. The molecule has 4 rings (SSSR count). The predicted octanol–water partition coefficient (Wildman–Crippen LogP) is 4.70. The van der Waals surface area contributed by atoms with E-state index in [1.807, 2.05) is 57.2 Å². The molecule has 0 saturated carbocycles. The van der Waals surface area contributed by atoms with Gasteiger partial charge < -0.3 is 24.4 Å². The molecule has 1 N–H and O–H groups in total. The van der Waals surface area contributed by atoms with Crippen molar-refractivity contribution in [3.05, 3.63) is 61.2 Å². The molecule has 3 saturated heterocycles. The molecule has 1 spiro atoms. The fourth-order valence-corrected chi connectivity index (χ4v) is 7.85. The van der Waals surface area contributed by atoms with Gasteiger partial charge in [0.05, 0.1) is 30.8 Å². The first-order chi connectivity index (χ1) is 20.6. The maximum atomic E-state index is 14.8. The number of fused-ring (bicyclic) bond motifs is 1. The van der Waals surface area contributed by atoms with E-state index >= 15 is 0 Å². The number of allylic oxidation sites excluding steroid dienone is 1. The number of amides is 2. The van der Waals surface area contributed by atoms with Gasteiger partial charge in [0.2, 0.25) is 11.8 Å². The number of nitrogens with zero attached hydrogens (tertiary/aromatic N) is 2. The molecule has 4 unspecified atom stereocenters. The number of ether oxygens (including phenoxy) is 2. The first-order valence-electron chi connectivity index (χ1n) is 16.0. The van der Waals surface area contributed by atoms with Crippen molar-refractivity contribution < 1.29 is 29.0 Å². The summed E-state index contributed by atoms with van der Waals surface area (Å²) in [7, 11) is 0. The zero-order valence-corrected chi connectivity index (χ0v) is 26.4. The second kappa shape index (κ2) is 13.8. The van der Waals surface area contributed by atoms with Gasteiger partial charge in [0.1, 0.15) is 17.6 Å². The molecule has 3 heterocycles. The van der Waals surface area contributed by atoms with Gasteiger partial charge in [0.25, 0.3) is 0 Å². The topological polar surface area (TPSA) is 96.4 Å².